The molecule has 206 valence electrons. The van der Waals surface area contributed by atoms with Gasteiger partial charge in [-0.15, -0.1) is 23.1 Å². The second-order valence-corrected chi connectivity index (χ2v) is 9.61. The number of H-pyrrole nitrogens is 1. The summed E-state index contributed by atoms with van der Waals surface area (Å²) in [5.74, 6) is -7.58. The molecule has 4 rings (SSSR count). The minimum atomic E-state index is -4.68. The molecule has 0 atom stereocenters. The summed E-state index contributed by atoms with van der Waals surface area (Å²) in [5, 5.41) is 10.1. The molecule has 0 fully saturated rings. The van der Waals surface area contributed by atoms with Crippen LogP contribution >= 0.6 is 23.1 Å². The number of methoxy groups -OCH3 is 1. The van der Waals surface area contributed by atoms with Crippen LogP contribution < -0.4 is 20.7 Å². The van der Waals surface area contributed by atoms with E-state index >= 15 is 4.39 Å². The number of thiophene rings is 1. The molecule has 2 N–H and O–H groups in total. The van der Waals surface area contributed by atoms with Gasteiger partial charge in [-0.1, -0.05) is 0 Å². The number of hydrogen-bond acceptors (Lipinski definition) is 7. The van der Waals surface area contributed by atoms with Crippen molar-refractivity contribution in [2.24, 2.45) is 0 Å². The molecule has 2 aromatic carbocycles. The fourth-order valence-corrected chi connectivity index (χ4v) is 5.14. The summed E-state index contributed by atoms with van der Waals surface area (Å²) >= 11 is 0.743. The van der Waals surface area contributed by atoms with Crippen LogP contribution in [-0.4, -0.2) is 39.7 Å². The molecule has 0 spiro atoms. The van der Waals surface area contributed by atoms with E-state index in [2.05, 4.69) is 4.98 Å². The summed E-state index contributed by atoms with van der Waals surface area (Å²) in [6, 6.07) is 3.17. The molecule has 0 aliphatic heterocycles. The van der Waals surface area contributed by atoms with E-state index in [0.717, 1.165) is 25.3 Å². The molecule has 0 aliphatic carbocycles. The number of carboxylic acids is 1. The van der Waals surface area contributed by atoms with E-state index in [4.69, 9.17) is 9.47 Å². The van der Waals surface area contributed by atoms with Crippen LogP contribution in [0.25, 0.3) is 16.6 Å². The van der Waals surface area contributed by atoms with Crippen molar-refractivity contribution in [1.29, 1.82) is 0 Å². The highest BCUT2D eigenvalue weighted by molar-refractivity contribution is 7.99. The summed E-state index contributed by atoms with van der Waals surface area (Å²) in [6.45, 7) is -0.796. The lowest BCUT2D eigenvalue weighted by Gasteiger charge is -2.17. The highest BCUT2D eigenvalue weighted by Crippen LogP contribution is 2.37. The predicted octanol–water partition coefficient (Wildman–Crippen LogP) is 5.10. The molecule has 0 saturated heterocycles. The van der Waals surface area contributed by atoms with Gasteiger partial charge in [-0.3, -0.25) is 4.79 Å². The van der Waals surface area contributed by atoms with Gasteiger partial charge in [0.15, 0.2) is 11.6 Å². The molecular weight excluding hydrogens is 578 g/mol. The Hall–Kier alpha value is -3.92. The number of carbonyl (C=O) groups is 1. The van der Waals surface area contributed by atoms with Crippen LogP contribution in [-0.2, 0) is 6.61 Å². The van der Waals surface area contributed by atoms with E-state index in [9.17, 15) is 41.4 Å². The zero-order valence-electron chi connectivity index (χ0n) is 19.3. The maximum Gasteiger partial charge on any atom is 0.398 e. The van der Waals surface area contributed by atoms with Crippen LogP contribution in [0.15, 0.2) is 44.1 Å². The first-order valence-electron chi connectivity index (χ1n) is 10.5. The number of fused-ring (bicyclic) bond motifs is 1. The molecule has 39 heavy (non-hydrogen) atoms. The normalized spacial score (nSPS) is 11.7. The van der Waals surface area contributed by atoms with Crippen LogP contribution in [0.5, 0.6) is 11.5 Å². The van der Waals surface area contributed by atoms with E-state index in [-0.39, 0.29) is 27.6 Å². The second-order valence-electron chi connectivity index (χ2n) is 7.71. The average molecular weight is 592 g/mol. The van der Waals surface area contributed by atoms with E-state index in [0.29, 0.717) is 17.4 Å². The third-order valence-electron chi connectivity index (χ3n) is 5.24. The number of aromatic nitrogens is 2. The summed E-state index contributed by atoms with van der Waals surface area (Å²) < 4.78 is 92.7. The topological polar surface area (TPSA) is 111 Å². The van der Waals surface area contributed by atoms with Crippen LogP contribution in [0.4, 0.5) is 26.3 Å². The van der Waals surface area contributed by atoms with E-state index < -0.39 is 85.4 Å². The number of halogens is 6. The summed E-state index contributed by atoms with van der Waals surface area (Å²) in [4.78, 5) is 38.7. The number of benzene rings is 2. The van der Waals surface area contributed by atoms with Crippen molar-refractivity contribution >= 4 is 40.0 Å². The highest BCUT2D eigenvalue weighted by atomic mass is 32.2. The second kappa shape index (κ2) is 10.7. The minimum absolute atomic E-state index is 0.105. The minimum Gasteiger partial charge on any atom is -0.496 e. The molecule has 4 aromatic rings. The van der Waals surface area contributed by atoms with E-state index in [1.165, 1.54) is 5.38 Å². The van der Waals surface area contributed by atoms with Crippen molar-refractivity contribution in [3.63, 3.8) is 0 Å². The molecular formula is C23H14F6N2O6S2. The van der Waals surface area contributed by atoms with Gasteiger partial charge in [-0.05, 0) is 18.2 Å². The van der Waals surface area contributed by atoms with Crippen molar-refractivity contribution in [2.75, 3.05) is 12.9 Å². The Morgan fingerprint density at radius 2 is 1.85 bits per heavy atom. The Bertz CT molecular complexity index is 1710. The van der Waals surface area contributed by atoms with Gasteiger partial charge in [0, 0.05) is 11.4 Å². The highest BCUT2D eigenvalue weighted by Gasteiger charge is 2.29. The first-order valence-corrected chi connectivity index (χ1v) is 12.4. The van der Waals surface area contributed by atoms with Gasteiger partial charge in [0.25, 0.3) is 5.56 Å². The van der Waals surface area contributed by atoms with Crippen LogP contribution in [0, 0.1) is 17.5 Å². The Morgan fingerprint density at radius 3 is 2.49 bits per heavy atom. The molecule has 0 saturated carbocycles. The number of rotatable bonds is 8. The maximum atomic E-state index is 15.2. The van der Waals surface area contributed by atoms with Crippen LogP contribution in [0.2, 0.25) is 0 Å². The van der Waals surface area contributed by atoms with Gasteiger partial charge in [0.1, 0.15) is 28.8 Å². The summed E-state index contributed by atoms with van der Waals surface area (Å²) in [6.07, 6.45) is -4.68. The lowest BCUT2D eigenvalue weighted by molar-refractivity contribution is -0.105. The summed E-state index contributed by atoms with van der Waals surface area (Å²) in [5.41, 5.74) is -3.75. The molecule has 16 heteroatoms. The molecule has 0 radical (unpaired) electrons. The molecule has 0 bridgehead atoms. The number of aromatic carboxylic acids is 1. The van der Waals surface area contributed by atoms with Crippen LogP contribution in [0.1, 0.15) is 15.2 Å². The number of nitrogens with one attached hydrogen (secondary N) is 1. The number of aromatic amines is 1. The molecule has 0 aliphatic rings. The molecule has 0 unspecified atom stereocenters. The number of hydrogen-bond donors (Lipinski definition) is 2. The Kier molecular flexibility index (Phi) is 7.70. The fraction of sp³-hybridized carbons (Fsp3) is 0.174. The van der Waals surface area contributed by atoms with Gasteiger partial charge in [0.05, 0.1) is 39.9 Å². The zero-order chi connectivity index (χ0) is 28.6. The lowest BCUT2D eigenvalue weighted by atomic mass is 10.2. The molecule has 0 amide bonds. The van der Waals surface area contributed by atoms with Gasteiger partial charge in [-0.25, -0.2) is 27.3 Å². The van der Waals surface area contributed by atoms with Crippen molar-refractivity contribution in [3.8, 4) is 17.2 Å². The van der Waals surface area contributed by atoms with Crippen molar-refractivity contribution in [1.82, 2.24) is 9.55 Å². The Morgan fingerprint density at radius 1 is 1.13 bits per heavy atom. The monoisotopic (exact) mass is 592 g/mol. The van der Waals surface area contributed by atoms with Gasteiger partial charge in [-0.2, -0.15) is 13.2 Å². The van der Waals surface area contributed by atoms with Crippen molar-refractivity contribution < 1.29 is 45.7 Å². The predicted molar refractivity (Wildman–Crippen MR) is 129 cm³/mol. The quantitative estimate of drug-likeness (QED) is 0.217. The Labute approximate surface area is 221 Å². The van der Waals surface area contributed by atoms with E-state index in [1.807, 2.05) is 0 Å². The molecule has 2 heterocycles. The Balaban J connectivity index is 1.88. The third kappa shape index (κ3) is 5.61. The zero-order valence-corrected chi connectivity index (χ0v) is 21.0. The first kappa shape index (κ1) is 28.1. The average Bonchev–Trinajstić information content (AvgIpc) is 3.29. The van der Waals surface area contributed by atoms with E-state index in [1.54, 1.807) is 0 Å². The maximum absolute atomic E-state index is 15.2. The van der Waals surface area contributed by atoms with Crippen LogP contribution in [0.3, 0.4) is 0 Å². The van der Waals surface area contributed by atoms with Crippen molar-refractivity contribution in [3.05, 3.63) is 78.4 Å². The molecule has 8 nitrogen and oxygen atoms in total. The van der Waals surface area contributed by atoms with Gasteiger partial charge < -0.3 is 19.6 Å². The standard InChI is InChI=1S/C23H14F6N2O6S2/c1-36-14-3-2-10(24)18(26)9(14)6-37-15-5-13(11(25)4-16(15)39-8-23(27,28)29)31-20(32)17-12(30-22(31)35)7-38-19(17)21(33)34/h2-5,7H,6,8H2,1H3,(H,30,35)(H,33,34). The van der Waals surface area contributed by atoms with Gasteiger partial charge >= 0.3 is 17.8 Å². The number of carboxylic acid groups (broad SMARTS) is 1. The van der Waals surface area contributed by atoms with Gasteiger partial charge in [0.2, 0.25) is 0 Å². The summed E-state index contributed by atoms with van der Waals surface area (Å²) in [7, 11) is 1.15. The SMILES string of the molecule is COc1ccc(F)c(F)c1COc1cc(-n2c(=O)[nH]c3csc(C(=O)O)c3c2=O)c(F)cc1SCC(F)(F)F. The number of ether oxygens (including phenoxy) is 2. The number of alkyl halides is 3. The fourth-order valence-electron chi connectivity index (χ4n) is 3.55. The molecule has 2 aromatic heterocycles. The number of nitrogens with zero attached hydrogens (tertiary/aromatic N) is 1. The lowest BCUT2D eigenvalue weighted by Crippen LogP contribution is -2.34. The van der Waals surface area contributed by atoms with Crippen molar-refractivity contribution in [2.45, 2.75) is 17.7 Å². The third-order valence-corrected chi connectivity index (χ3v) is 7.31. The number of thioether (sulfide) groups is 1. The smallest absolute Gasteiger partial charge is 0.398 e. The first-order chi connectivity index (χ1) is 18.3. The largest absolute Gasteiger partial charge is 0.496 e.